The average molecular weight is 734 g/mol. The van der Waals surface area contributed by atoms with Gasteiger partial charge in [-0.25, -0.2) is 19.3 Å². The summed E-state index contributed by atoms with van der Waals surface area (Å²) < 4.78 is 65.4. The van der Waals surface area contributed by atoms with Crippen molar-refractivity contribution in [2.45, 2.75) is 89.1 Å². The van der Waals surface area contributed by atoms with Crippen molar-refractivity contribution in [1.82, 2.24) is 20.1 Å². The molecule has 2 unspecified atom stereocenters. The van der Waals surface area contributed by atoms with Crippen molar-refractivity contribution in [3.05, 3.63) is 52.7 Å². The van der Waals surface area contributed by atoms with Gasteiger partial charge in [0.2, 0.25) is 0 Å². The highest BCUT2D eigenvalue weighted by Gasteiger charge is 2.39. The summed E-state index contributed by atoms with van der Waals surface area (Å²) in [6.07, 6.45) is 2.29. The number of anilines is 1. The second-order valence-corrected chi connectivity index (χ2v) is 13.2. The highest BCUT2D eigenvalue weighted by Crippen LogP contribution is 2.40. The molecule has 17 heteroatoms. The molecule has 2 aromatic heterocycles. The first-order chi connectivity index (χ1) is 23.5. The number of hydrogen-bond donors (Lipinski definition) is 3. The molecule has 3 aliphatic rings. The third-order valence-corrected chi connectivity index (χ3v) is 9.17. The normalized spacial score (nSPS) is 20.8. The number of hydrogen-bond acceptors (Lipinski definition) is 6. The maximum absolute atomic E-state index is 13.5. The molecule has 2 saturated carbocycles. The third kappa shape index (κ3) is 11.0. The van der Waals surface area contributed by atoms with E-state index in [1.54, 1.807) is 0 Å². The van der Waals surface area contributed by atoms with Gasteiger partial charge in [0, 0.05) is 24.2 Å². The van der Waals surface area contributed by atoms with Gasteiger partial charge in [-0.2, -0.15) is 31.4 Å². The number of carboxylic acids is 2. The highest BCUT2D eigenvalue weighted by molar-refractivity contribution is 6.30. The first-order valence-electron chi connectivity index (χ1n) is 16.3. The van der Waals surface area contributed by atoms with E-state index in [2.05, 4.69) is 22.3 Å². The van der Waals surface area contributed by atoms with Gasteiger partial charge in [-0.3, -0.25) is 4.79 Å². The molecular formula is C33H38ClF6N5O5. The SMILES string of the molecule is O=C(NC1CC2CCCC(C2)C1)c1nn(Cc2ccc(Cl)cc2)c2nc(N3CCCCCC3)ccc12.O=C(O)C(F)(F)F.O=C(O)C(F)(F)F. The molecule has 0 spiro atoms. The lowest BCUT2D eigenvalue weighted by molar-refractivity contribution is -0.193. The van der Waals surface area contributed by atoms with E-state index in [-0.39, 0.29) is 11.9 Å². The third-order valence-electron chi connectivity index (χ3n) is 8.92. The Bertz CT molecular complexity index is 1590. The van der Waals surface area contributed by atoms with Gasteiger partial charge in [-0.1, -0.05) is 55.8 Å². The van der Waals surface area contributed by atoms with Crippen molar-refractivity contribution in [3.63, 3.8) is 0 Å². The first-order valence-corrected chi connectivity index (χ1v) is 16.7. The van der Waals surface area contributed by atoms with Crippen LogP contribution in [0.15, 0.2) is 36.4 Å². The Balaban J connectivity index is 0.000000340. The van der Waals surface area contributed by atoms with Crippen LogP contribution in [0.3, 0.4) is 0 Å². The lowest BCUT2D eigenvalue weighted by Gasteiger charge is -2.39. The number of aliphatic carboxylic acids is 2. The molecule has 2 bridgehead atoms. The molecule has 0 radical (unpaired) electrons. The Morgan fingerprint density at radius 3 is 1.86 bits per heavy atom. The monoisotopic (exact) mass is 733 g/mol. The minimum absolute atomic E-state index is 0.0656. The molecule has 1 aliphatic heterocycles. The molecule has 3 fully saturated rings. The molecule has 274 valence electrons. The molecule has 1 aromatic carbocycles. The van der Waals surface area contributed by atoms with Crippen LogP contribution >= 0.6 is 11.6 Å². The molecule has 50 heavy (non-hydrogen) atoms. The molecule has 10 nitrogen and oxygen atoms in total. The number of nitrogens with zero attached hydrogens (tertiary/aromatic N) is 4. The molecule has 6 rings (SSSR count). The molecule has 2 aliphatic carbocycles. The number of fused-ring (bicyclic) bond motifs is 3. The van der Waals surface area contributed by atoms with Crippen LogP contribution in [0.25, 0.3) is 11.0 Å². The van der Waals surface area contributed by atoms with Crippen molar-refractivity contribution >= 4 is 46.3 Å². The summed E-state index contributed by atoms with van der Waals surface area (Å²) in [4.78, 5) is 38.8. The van der Waals surface area contributed by atoms with Gasteiger partial charge in [0.05, 0.1) is 11.9 Å². The predicted octanol–water partition coefficient (Wildman–Crippen LogP) is 7.48. The second kappa shape index (κ2) is 16.8. The minimum Gasteiger partial charge on any atom is -0.475 e. The van der Waals surface area contributed by atoms with Gasteiger partial charge in [-0.15, -0.1) is 0 Å². The Morgan fingerprint density at radius 2 is 1.34 bits per heavy atom. The van der Waals surface area contributed by atoms with Crippen molar-refractivity contribution in [2.24, 2.45) is 11.8 Å². The van der Waals surface area contributed by atoms with Crippen molar-refractivity contribution in [3.8, 4) is 0 Å². The summed E-state index contributed by atoms with van der Waals surface area (Å²) >= 11 is 6.11. The summed E-state index contributed by atoms with van der Waals surface area (Å²) in [5, 5.41) is 24.0. The fourth-order valence-electron chi connectivity index (χ4n) is 6.66. The zero-order chi connectivity index (χ0) is 36.6. The summed E-state index contributed by atoms with van der Waals surface area (Å²) in [7, 11) is 0. The summed E-state index contributed by atoms with van der Waals surface area (Å²) in [6, 6.07) is 12.2. The smallest absolute Gasteiger partial charge is 0.475 e. The van der Waals surface area contributed by atoms with Gasteiger partial charge in [0.15, 0.2) is 11.3 Å². The fourth-order valence-corrected chi connectivity index (χ4v) is 6.79. The first kappa shape index (κ1) is 38.7. The summed E-state index contributed by atoms with van der Waals surface area (Å²) in [5.41, 5.74) is 2.35. The number of carbonyl (C=O) groups excluding carboxylic acids is 1. The summed E-state index contributed by atoms with van der Waals surface area (Å²) in [6.45, 7) is 2.60. The number of nitrogens with one attached hydrogen (secondary N) is 1. The largest absolute Gasteiger partial charge is 0.490 e. The number of carbonyl (C=O) groups is 3. The second-order valence-electron chi connectivity index (χ2n) is 12.7. The number of benzene rings is 1. The van der Waals surface area contributed by atoms with Gasteiger partial charge < -0.3 is 20.4 Å². The van der Waals surface area contributed by atoms with E-state index in [1.807, 2.05) is 28.9 Å². The average Bonchev–Trinajstić information content (AvgIpc) is 3.18. The molecule has 2 atom stereocenters. The minimum atomic E-state index is -5.08. The number of alkyl halides is 6. The molecular weight excluding hydrogens is 696 g/mol. The van der Waals surface area contributed by atoms with Crippen LogP contribution in [0.2, 0.25) is 5.02 Å². The van der Waals surface area contributed by atoms with Crippen LogP contribution in [0.1, 0.15) is 80.3 Å². The van der Waals surface area contributed by atoms with Gasteiger partial charge in [0.25, 0.3) is 5.91 Å². The number of halogens is 7. The van der Waals surface area contributed by atoms with Crippen LogP contribution in [0, 0.1) is 11.8 Å². The standard InChI is InChI=1S/C29H36ClN5O.2C2HF3O2/c30-23-10-8-20(9-11-23)19-35-28-25(12-13-26(32-28)34-14-3-1-2-4-15-34)27(33-35)29(36)31-24-17-21-6-5-7-22(16-21)18-24;2*3-2(4,5)1(6)7/h8-13,21-22,24H,1-7,14-19H2,(H,31,36);2*(H,6,7). The van der Waals surface area contributed by atoms with E-state index in [0.717, 1.165) is 60.2 Å². The molecule has 1 saturated heterocycles. The van der Waals surface area contributed by atoms with E-state index in [0.29, 0.717) is 17.3 Å². The lowest BCUT2D eigenvalue weighted by Crippen LogP contribution is -2.42. The maximum atomic E-state index is 13.5. The van der Waals surface area contributed by atoms with E-state index in [1.165, 1.54) is 51.4 Å². The Hall–Kier alpha value is -4.08. The maximum Gasteiger partial charge on any atom is 0.490 e. The number of carboxylic acid groups (broad SMARTS) is 2. The van der Waals surface area contributed by atoms with E-state index >= 15 is 0 Å². The number of pyridine rings is 1. The van der Waals surface area contributed by atoms with E-state index < -0.39 is 24.3 Å². The predicted molar refractivity (Wildman–Crippen MR) is 172 cm³/mol. The van der Waals surface area contributed by atoms with Crippen molar-refractivity contribution in [1.29, 1.82) is 0 Å². The quantitative estimate of drug-likeness (QED) is 0.230. The van der Waals surface area contributed by atoms with Crippen LogP contribution < -0.4 is 10.2 Å². The van der Waals surface area contributed by atoms with E-state index in [9.17, 15) is 31.1 Å². The van der Waals surface area contributed by atoms with Crippen LogP contribution in [0.5, 0.6) is 0 Å². The van der Waals surface area contributed by atoms with Gasteiger partial charge in [-0.05, 0) is 73.8 Å². The van der Waals surface area contributed by atoms with Crippen LogP contribution in [0.4, 0.5) is 32.2 Å². The Morgan fingerprint density at radius 1 is 0.800 bits per heavy atom. The number of rotatable bonds is 5. The molecule has 1 amide bonds. The van der Waals surface area contributed by atoms with Gasteiger partial charge >= 0.3 is 24.3 Å². The van der Waals surface area contributed by atoms with Crippen molar-refractivity contribution in [2.75, 3.05) is 18.0 Å². The zero-order valence-corrected chi connectivity index (χ0v) is 27.7. The van der Waals surface area contributed by atoms with Crippen LogP contribution in [-0.2, 0) is 16.1 Å². The highest BCUT2D eigenvalue weighted by atomic mass is 35.5. The summed E-state index contributed by atoms with van der Waals surface area (Å²) in [5.74, 6) is -3.07. The molecule has 3 heterocycles. The lowest BCUT2D eigenvalue weighted by atomic mass is 9.70. The number of amides is 1. The van der Waals surface area contributed by atoms with Crippen LogP contribution in [-0.4, -0.2) is 74.3 Å². The number of aromatic nitrogens is 3. The Kier molecular flexibility index (Phi) is 13.0. The van der Waals surface area contributed by atoms with E-state index in [4.69, 9.17) is 41.5 Å². The Labute approximate surface area is 288 Å². The molecule has 3 N–H and O–H groups in total. The fraction of sp³-hybridized carbons (Fsp3) is 0.545. The zero-order valence-electron chi connectivity index (χ0n) is 26.9. The van der Waals surface area contributed by atoms with Crippen molar-refractivity contribution < 1.29 is 50.9 Å². The topological polar surface area (TPSA) is 138 Å². The molecule has 3 aromatic rings. The van der Waals surface area contributed by atoms with Gasteiger partial charge in [0.1, 0.15) is 5.82 Å².